The van der Waals surface area contributed by atoms with Gasteiger partial charge in [0, 0.05) is 31.1 Å². The predicted octanol–water partition coefficient (Wildman–Crippen LogP) is 2.37. The largest absolute Gasteiger partial charge is 0.497 e. The lowest BCUT2D eigenvalue weighted by Gasteiger charge is -2.40. The monoisotopic (exact) mass is 295 g/mol. The van der Waals surface area contributed by atoms with Gasteiger partial charge in [0.2, 0.25) is 0 Å². The first-order chi connectivity index (χ1) is 10.8. The molecule has 0 aliphatic carbocycles. The van der Waals surface area contributed by atoms with Crippen molar-refractivity contribution in [3.05, 3.63) is 42.1 Å². The van der Waals surface area contributed by atoms with Gasteiger partial charge in [0.25, 0.3) is 5.79 Å². The molecule has 1 aromatic rings. The van der Waals surface area contributed by atoms with Gasteiger partial charge in [-0.05, 0) is 43.0 Å². The summed E-state index contributed by atoms with van der Waals surface area (Å²) in [4.78, 5) is 6.96. The lowest BCUT2D eigenvalue weighted by Crippen LogP contribution is -2.57. The van der Waals surface area contributed by atoms with E-state index in [0.29, 0.717) is 0 Å². The summed E-state index contributed by atoms with van der Waals surface area (Å²) < 4.78 is 5.25. The number of aliphatic imine (C=N–C) groups is 1. The van der Waals surface area contributed by atoms with Crippen LogP contribution < -0.4 is 10.1 Å². The topological polar surface area (TPSA) is 36.9 Å². The molecule has 1 unspecified atom stereocenters. The summed E-state index contributed by atoms with van der Waals surface area (Å²) >= 11 is 0. The molecule has 114 valence electrons. The summed E-state index contributed by atoms with van der Waals surface area (Å²) in [5.41, 5.74) is 0.933. The molecule has 0 amide bonds. The molecule has 2 heterocycles. The predicted molar refractivity (Wildman–Crippen MR) is 88.8 cm³/mol. The van der Waals surface area contributed by atoms with Crippen molar-refractivity contribution in [3.63, 3.8) is 0 Å². The third kappa shape index (κ3) is 3.15. The molecule has 3 rings (SSSR count). The number of ether oxygens (including phenoxy) is 1. The van der Waals surface area contributed by atoms with E-state index in [4.69, 9.17) is 4.74 Å². The maximum absolute atomic E-state index is 5.25. The molecular weight excluding hydrogens is 274 g/mol. The third-order valence-corrected chi connectivity index (χ3v) is 3.99. The fraction of sp³-hybridized carbons (Fsp3) is 0.389. The lowest BCUT2D eigenvalue weighted by atomic mass is 10.1. The number of benzene rings is 1. The van der Waals surface area contributed by atoms with E-state index >= 15 is 0 Å². The first kappa shape index (κ1) is 14.7. The fourth-order valence-corrected chi connectivity index (χ4v) is 2.79. The molecule has 0 aromatic heterocycles. The maximum Gasteiger partial charge on any atom is 0.252 e. The van der Waals surface area contributed by atoms with Crippen molar-refractivity contribution in [2.75, 3.05) is 20.2 Å². The number of piperidine rings is 1. The Bertz CT molecular complexity index is 635. The number of hydrogen-bond acceptors (Lipinski definition) is 4. The van der Waals surface area contributed by atoms with Crippen LogP contribution in [0, 0.1) is 11.8 Å². The number of nitrogens with zero attached hydrogens (tertiary/aromatic N) is 2. The van der Waals surface area contributed by atoms with Crippen LogP contribution in [0.3, 0.4) is 0 Å². The van der Waals surface area contributed by atoms with Gasteiger partial charge in [-0.15, -0.1) is 0 Å². The minimum Gasteiger partial charge on any atom is -0.497 e. The summed E-state index contributed by atoms with van der Waals surface area (Å²) in [6.45, 7) is 2.04. The minimum atomic E-state index is -0.641. The van der Waals surface area contributed by atoms with Crippen LogP contribution in [0.4, 0.5) is 0 Å². The Morgan fingerprint density at radius 2 is 2.14 bits per heavy atom. The Hall–Kier alpha value is -2.25. The van der Waals surface area contributed by atoms with Gasteiger partial charge in [-0.3, -0.25) is 4.90 Å². The highest BCUT2D eigenvalue weighted by Gasteiger charge is 2.34. The van der Waals surface area contributed by atoms with Crippen molar-refractivity contribution in [2.45, 2.75) is 25.0 Å². The molecule has 0 bridgehead atoms. The molecule has 1 fully saturated rings. The van der Waals surface area contributed by atoms with Gasteiger partial charge >= 0.3 is 0 Å². The molecule has 2 aliphatic heterocycles. The SMILES string of the molecule is COc1cccc(C#CC2(N3CCCCC3)N=CC=CN2)c1. The van der Waals surface area contributed by atoms with E-state index in [1.807, 2.05) is 42.8 Å². The summed E-state index contributed by atoms with van der Waals surface area (Å²) in [6, 6.07) is 7.81. The first-order valence-electron chi connectivity index (χ1n) is 7.73. The number of hydrogen-bond donors (Lipinski definition) is 1. The van der Waals surface area contributed by atoms with E-state index in [9.17, 15) is 0 Å². The molecule has 22 heavy (non-hydrogen) atoms. The molecule has 2 aliphatic rings. The van der Waals surface area contributed by atoms with E-state index in [1.165, 1.54) is 19.3 Å². The second-order valence-corrected chi connectivity index (χ2v) is 5.48. The van der Waals surface area contributed by atoms with E-state index in [-0.39, 0.29) is 0 Å². The quantitative estimate of drug-likeness (QED) is 0.851. The van der Waals surface area contributed by atoms with E-state index in [1.54, 1.807) is 7.11 Å². The van der Waals surface area contributed by atoms with Gasteiger partial charge in [-0.1, -0.05) is 18.4 Å². The zero-order valence-corrected chi connectivity index (χ0v) is 12.9. The van der Waals surface area contributed by atoms with Crippen molar-refractivity contribution in [1.82, 2.24) is 10.2 Å². The van der Waals surface area contributed by atoms with Gasteiger partial charge in [0.15, 0.2) is 0 Å². The first-order valence-corrected chi connectivity index (χ1v) is 7.73. The molecule has 4 heteroatoms. The van der Waals surface area contributed by atoms with Crippen molar-refractivity contribution >= 4 is 6.21 Å². The normalized spacial score (nSPS) is 24.2. The van der Waals surface area contributed by atoms with Crippen LogP contribution in [0.1, 0.15) is 24.8 Å². The molecule has 4 nitrogen and oxygen atoms in total. The average Bonchev–Trinajstić information content (AvgIpc) is 2.62. The van der Waals surface area contributed by atoms with Crippen LogP contribution >= 0.6 is 0 Å². The number of methoxy groups -OCH3 is 1. The highest BCUT2D eigenvalue weighted by atomic mass is 16.5. The Labute approximate surface area is 131 Å². The van der Waals surface area contributed by atoms with E-state index in [2.05, 4.69) is 27.0 Å². The third-order valence-electron chi connectivity index (χ3n) is 3.99. The standard InChI is InChI=1S/C18H21N3O/c1-22-17-8-5-7-16(15-17)9-10-18(19-11-6-12-20-18)21-13-3-2-4-14-21/h5-8,11-12,15,19H,2-4,13-14H2,1H3. The summed E-state index contributed by atoms with van der Waals surface area (Å²) in [7, 11) is 1.67. The van der Waals surface area contributed by atoms with Crippen LogP contribution in [0.15, 0.2) is 41.5 Å². The summed E-state index contributed by atoms with van der Waals surface area (Å²) in [5, 5.41) is 3.34. The minimum absolute atomic E-state index is 0.641. The van der Waals surface area contributed by atoms with Crippen LogP contribution in [0.5, 0.6) is 5.75 Å². The summed E-state index contributed by atoms with van der Waals surface area (Å²) in [6.07, 6.45) is 9.32. The van der Waals surface area contributed by atoms with Gasteiger partial charge in [-0.2, -0.15) is 0 Å². The number of allylic oxidation sites excluding steroid dienone is 1. The van der Waals surface area contributed by atoms with Crippen LogP contribution in [-0.2, 0) is 0 Å². The highest BCUT2D eigenvalue weighted by Crippen LogP contribution is 2.21. The Morgan fingerprint density at radius 3 is 2.86 bits per heavy atom. The molecule has 1 N–H and O–H groups in total. The second kappa shape index (κ2) is 6.67. The number of likely N-dealkylation sites (tertiary alicyclic amines) is 1. The molecule has 1 aromatic carbocycles. The average molecular weight is 295 g/mol. The van der Waals surface area contributed by atoms with Gasteiger partial charge in [-0.25, -0.2) is 4.99 Å². The van der Waals surface area contributed by atoms with E-state index in [0.717, 1.165) is 24.4 Å². The van der Waals surface area contributed by atoms with Crippen LogP contribution in [-0.4, -0.2) is 37.1 Å². The smallest absolute Gasteiger partial charge is 0.252 e. The van der Waals surface area contributed by atoms with Crippen molar-refractivity contribution < 1.29 is 4.74 Å². The zero-order valence-electron chi connectivity index (χ0n) is 12.9. The van der Waals surface area contributed by atoms with Crippen molar-refractivity contribution in [1.29, 1.82) is 0 Å². The maximum atomic E-state index is 5.25. The van der Waals surface area contributed by atoms with Gasteiger partial charge in [0.05, 0.1) is 7.11 Å². The highest BCUT2D eigenvalue weighted by molar-refractivity contribution is 5.73. The molecule has 1 atom stereocenters. The molecule has 1 saturated heterocycles. The van der Waals surface area contributed by atoms with Crippen molar-refractivity contribution in [3.8, 4) is 17.6 Å². The lowest BCUT2D eigenvalue weighted by molar-refractivity contribution is 0.101. The Balaban J connectivity index is 1.89. The second-order valence-electron chi connectivity index (χ2n) is 5.48. The number of rotatable bonds is 2. The van der Waals surface area contributed by atoms with Gasteiger partial charge < -0.3 is 10.1 Å². The molecule has 0 spiro atoms. The Kier molecular flexibility index (Phi) is 4.45. The fourth-order valence-electron chi connectivity index (χ4n) is 2.79. The summed E-state index contributed by atoms with van der Waals surface area (Å²) in [5.74, 6) is 6.76. The van der Waals surface area contributed by atoms with E-state index < -0.39 is 5.79 Å². The molecule has 0 saturated carbocycles. The van der Waals surface area contributed by atoms with Crippen molar-refractivity contribution in [2.24, 2.45) is 4.99 Å². The Morgan fingerprint density at radius 1 is 1.27 bits per heavy atom. The van der Waals surface area contributed by atoms with Crippen LogP contribution in [0.2, 0.25) is 0 Å². The molecular formula is C18H21N3O. The van der Waals surface area contributed by atoms with Crippen LogP contribution in [0.25, 0.3) is 0 Å². The number of nitrogens with one attached hydrogen (secondary N) is 1. The molecule has 0 radical (unpaired) electrons. The zero-order chi connectivity index (χ0) is 15.3. The van der Waals surface area contributed by atoms with Gasteiger partial charge in [0.1, 0.15) is 5.75 Å².